The molecule has 0 unspecified atom stereocenters. The topological polar surface area (TPSA) is 81.6 Å². The molecular formula is C10H19N3O2. The first-order valence-electron chi connectivity index (χ1n) is 4.79. The average Bonchev–Trinajstić information content (AvgIpc) is 2.16. The van der Waals surface area contributed by atoms with E-state index in [1.54, 1.807) is 5.06 Å². The predicted octanol–water partition coefficient (Wildman–Crippen LogP) is 0.347. The van der Waals surface area contributed by atoms with E-state index in [4.69, 9.17) is 15.4 Å². The fraction of sp³-hybridized carbons (Fsp3) is 0.500. The van der Waals surface area contributed by atoms with Crippen LogP contribution >= 0.6 is 0 Å². The molecule has 0 aromatic carbocycles. The van der Waals surface area contributed by atoms with Crippen LogP contribution in [0.4, 0.5) is 0 Å². The second-order valence-corrected chi connectivity index (χ2v) is 3.46. The molecule has 0 bridgehead atoms. The van der Waals surface area contributed by atoms with E-state index in [1.165, 1.54) is 0 Å². The molecule has 1 aliphatic rings. The van der Waals surface area contributed by atoms with Gasteiger partial charge in [0.2, 0.25) is 6.41 Å². The zero-order valence-corrected chi connectivity index (χ0v) is 9.22. The maximum Gasteiger partial charge on any atom is 0.204 e. The second kappa shape index (κ2) is 7.87. The summed E-state index contributed by atoms with van der Waals surface area (Å²) in [5.41, 5.74) is 10.5. The lowest BCUT2D eigenvalue weighted by atomic mass is 10.2. The van der Waals surface area contributed by atoms with Gasteiger partial charge in [0.05, 0.1) is 19.4 Å². The summed E-state index contributed by atoms with van der Waals surface area (Å²) in [5.74, 6) is 0.547. The molecule has 0 saturated heterocycles. The molecule has 0 aromatic rings. The van der Waals surface area contributed by atoms with Crippen molar-refractivity contribution in [2.45, 2.75) is 13.8 Å². The molecule has 0 aliphatic carbocycles. The molecule has 0 atom stereocenters. The Labute approximate surface area is 90.3 Å². The molecule has 1 amide bonds. The fourth-order valence-corrected chi connectivity index (χ4v) is 0.889. The molecule has 0 fully saturated rings. The van der Waals surface area contributed by atoms with Crippen molar-refractivity contribution in [1.29, 1.82) is 0 Å². The van der Waals surface area contributed by atoms with E-state index in [-0.39, 0.29) is 6.41 Å². The highest BCUT2D eigenvalue weighted by molar-refractivity contribution is 5.42. The quantitative estimate of drug-likeness (QED) is 0.663. The molecule has 0 spiro atoms. The minimum Gasteiger partial charge on any atom is -0.397 e. The summed E-state index contributed by atoms with van der Waals surface area (Å²) < 4.78 is 0. The third-order valence-electron chi connectivity index (χ3n) is 1.46. The van der Waals surface area contributed by atoms with Gasteiger partial charge in [0.1, 0.15) is 0 Å². The van der Waals surface area contributed by atoms with Gasteiger partial charge in [-0.2, -0.15) is 0 Å². The lowest BCUT2D eigenvalue weighted by Gasteiger charge is -2.22. The standard InChI is InChI=1S/C9H16N2O.CH3NO/c1-8(2)7-12-11-5-3-4-9(10)6-11;2-1-3/h3-4,6,8H,5,7,10H2,1-2H3;1H,(H2,2,3). The number of nitrogens with zero attached hydrogens (tertiary/aromatic N) is 1. The Morgan fingerprint density at radius 2 is 2.27 bits per heavy atom. The van der Waals surface area contributed by atoms with Crippen LogP contribution in [0.5, 0.6) is 0 Å². The first kappa shape index (κ1) is 13.5. The third-order valence-corrected chi connectivity index (χ3v) is 1.46. The highest BCUT2D eigenvalue weighted by Crippen LogP contribution is 2.04. The number of hydrogen-bond donors (Lipinski definition) is 2. The van der Waals surface area contributed by atoms with E-state index >= 15 is 0 Å². The number of rotatable bonds is 3. The molecule has 15 heavy (non-hydrogen) atoms. The summed E-state index contributed by atoms with van der Waals surface area (Å²) in [6.45, 7) is 5.75. The van der Waals surface area contributed by atoms with Crippen molar-refractivity contribution >= 4 is 6.41 Å². The third kappa shape index (κ3) is 7.57. The van der Waals surface area contributed by atoms with E-state index in [2.05, 4.69) is 19.6 Å². The molecule has 1 rings (SSSR count). The van der Waals surface area contributed by atoms with Crippen molar-refractivity contribution in [3.05, 3.63) is 24.0 Å². The van der Waals surface area contributed by atoms with Crippen molar-refractivity contribution in [2.24, 2.45) is 17.4 Å². The van der Waals surface area contributed by atoms with Crippen LogP contribution in [0.1, 0.15) is 13.8 Å². The Balaban J connectivity index is 0.000000583. The number of hydroxylamine groups is 2. The Morgan fingerprint density at radius 1 is 1.67 bits per heavy atom. The second-order valence-electron chi connectivity index (χ2n) is 3.46. The number of carbonyl (C=O) groups excluding carboxylic acids is 1. The number of carbonyl (C=O) groups is 1. The molecule has 5 nitrogen and oxygen atoms in total. The summed E-state index contributed by atoms with van der Waals surface area (Å²) in [4.78, 5) is 14.0. The van der Waals surface area contributed by atoms with E-state index in [1.807, 2.05) is 18.4 Å². The van der Waals surface area contributed by atoms with E-state index < -0.39 is 0 Å². The van der Waals surface area contributed by atoms with E-state index in [9.17, 15) is 0 Å². The van der Waals surface area contributed by atoms with Crippen LogP contribution in [0, 0.1) is 5.92 Å². The Bertz CT molecular complexity index is 237. The molecule has 86 valence electrons. The fourth-order valence-electron chi connectivity index (χ4n) is 0.889. The zero-order chi connectivity index (χ0) is 11.7. The minimum absolute atomic E-state index is 0.250. The van der Waals surface area contributed by atoms with E-state index in [0.29, 0.717) is 5.92 Å². The number of allylic oxidation sites excluding steroid dienone is 1. The normalized spacial score (nSPS) is 14.3. The number of primary amides is 1. The number of amides is 1. The van der Waals surface area contributed by atoms with Crippen LogP contribution in [0.15, 0.2) is 24.0 Å². The monoisotopic (exact) mass is 213 g/mol. The minimum atomic E-state index is 0.250. The maximum absolute atomic E-state index is 8.58. The van der Waals surface area contributed by atoms with Crippen LogP contribution in [-0.4, -0.2) is 24.6 Å². The Hall–Kier alpha value is -1.49. The summed E-state index contributed by atoms with van der Waals surface area (Å²) in [6, 6.07) is 0. The van der Waals surface area contributed by atoms with Gasteiger partial charge in [0.25, 0.3) is 0 Å². The van der Waals surface area contributed by atoms with Crippen molar-refractivity contribution in [3.8, 4) is 0 Å². The molecule has 4 N–H and O–H groups in total. The summed E-state index contributed by atoms with van der Waals surface area (Å²) in [7, 11) is 0. The molecular weight excluding hydrogens is 194 g/mol. The van der Waals surface area contributed by atoms with Crippen LogP contribution in [0.25, 0.3) is 0 Å². The smallest absolute Gasteiger partial charge is 0.204 e. The van der Waals surface area contributed by atoms with Gasteiger partial charge in [-0.25, -0.2) is 0 Å². The van der Waals surface area contributed by atoms with Gasteiger partial charge in [-0.05, 0) is 12.0 Å². The van der Waals surface area contributed by atoms with Crippen molar-refractivity contribution in [1.82, 2.24) is 5.06 Å². The molecule has 1 aliphatic heterocycles. The number of nitrogens with two attached hydrogens (primary N) is 2. The van der Waals surface area contributed by atoms with Crippen LogP contribution in [-0.2, 0) is 9.63 Å². The Morgan fingerprint density at radius 3 is 2.73 bits per heavy atom. The van der Waals surface area contributed by atoms with Gasteiger partial charge in [-0.3, -0.25) is 14.7 Å². The maximum atomic E-state index is 8.58. The lowest BCUT2D eigenvalue weighted by molar-refractivity contribution is -0.123. The van der Waals surface area contributed by atoms with E-state index in [0.717, 1.165) is 18.8 Å². The molecule has 0 aromatic heterocycles. The largest absolute Gasteiger partial charge is 0.397 e. The average molecular weight is 213 g/mol. The van der Waals surface area contributed by atoms with Gasteiger partial charge < -0.3 is 11.5 Å². The summed E-state index contributed by atoms with van der Waals surface area (Å²) >= 11 is 0. The highest BCUT2D eigenvalue weighted by atomic mass is 16.7. The van der Waals surface area contributed by atoms with Crippen LogP contribution in [0.2, 0.25) is 0 Å². The first-order chi connectivity index (χ1) is 7.10. The predicted molar refractivity (Wildman–Crippen MR) is 59.2 cm³/mol. The van der Waals surface area contributed by atoms with Crippen molar-refractivity contribution in [3.63, 3.8) is 0 Å². The molecule has 0 radical (unpaired) electrons. The zero-order valence-electron chi connectivity index (χ0n) is 9.22. The molecule has 1 heterocycles. The molecule has 5 heteroatoms. The van der Waals surface area contributed by atoms with Gasteiger partial charge >= 0.3 is 0 Å². The van der Waals surface area contributed by atoms with Gasteiger partial charge in [-0.15, -0.1) is 0 Å². The summed E-state index contributed by atoms with van der Waals surface area (Å²) in [5, 5.41) is 1.76. The summed E-state index contributed by atoms with van der Waals surface area (Å²) in [6.07, 6.45) is 5.92. The van der Waals surface area contributed by atoms with Crippen LogP contribution in [0.3, 0.4) is 0 Å². The lowest BCUT2D eigenvalue weighted by Crippen LogP contribution is -2.24. The van der Waals surface area contributed by atoms with Gasteiger partial charge in [0, 0.05) is 5.70 Å². The van der Waals surface area contributed by atoms with Gasteiger partial charge in [-0.1, -0.05) is 19.9 Å². The van der Waals surface area contributed by atoms with Crippen molar-refractivity contribution < 1.29 is 9.63 Å². The SMILES string of the molecule is CC(C)CON1C=C(N)C=CC1.NC=O. The first-order valence-corrected chi connectivity index (χ1v) is 4.79. The molecule has 0 saturated carbocycles. The van der Waals surface area contributed by atoms with Gasteiger partial charge in [0.15, 0.2) is 0 Å². The Kier molecular flexibility index (Phi) is 7.09. The van der Waals surface area contributed by atoms with Crippen LogP contribution < -0.4 is 11.5 Å². The number of hydrogen-bond acceptors (Lipinski definition) is 4. The van der Waals surface area contributed by atoms with Crippen molar-refractivity contribution in [2.75, 3.05) is 13.2 Å². The highest BCUT2D eigenvalue weighted by Gasteiger charge is 2.03.